The van der Waals surface area contributed by atoms with Gasteiger partial charge in [0.15, 0.2) is 0 Å². The summed E-state index contributed by atoms with van der Waals surface area (Å²) >= 11 is 0. The Bertz CT molecular complexity index is 710. The van der Waals surface area contributed by atoms with Gasteiger partial charge in [-0.2, -0.15) is 0 Å². The highest BCUT2D eigenvalue weighted by molar-refractivity contribution is 5.38. The number of likely N-dealkylation sites (tertiary alicyclic amines) is 1. The van der Waals surface area contributed by atoms with E-state index in [4.69, 9.17) is 4.74 Å². The summed E-state index contributed by atoms with van der Waals surface area (Å²) in [5.41, 5.74) is 0.0618. The van der Waals surface area contributed by atoms with Crippen molar-refractivity contribution in [1.29, 1.82) is 0 Å². The lowest BCUT2D eigenvalue weighted by Crippen LogP contribution is -2.41. The third kappa shape index (κ3) is 4.32. The lowest BCUT2D eigenvalue weighted by Gasteiger charge is -2.32. The van der Waals surface area contributed by atoms with E-state index in [-0.39, 0.29) is 5.56 Å². The van der Waals surface area contributed by atoms with Crippen LogP contribution in [0.25, 0.3) is 0 Å². The van der Waals surface area contributed by atoms with E-state index in [0.717, 1.165) is 44.8 Å². The molecule has 0 aromatic carbocycles. The van der Waals surface area contributed by atoms with E-state index in [1.807, 2.05) is 18.3 Å². The van der Waals surface area contributed by atoms with Crippen LogP contribution in [0, 0.1) is 0 Å². The molecule has 3 rings (SSSR count). The number of rotatable bonds is 6. The summed E-state index contributed by atoms with van der Waals surface area (Å²) in [6.45, 7) is 3.67. The van der Waals surface area contributed by atoms with E-state index in [9.17, 15) is 4.79 Å². The average Bonchev–Trinajstić information content (AvgIpc) is 2.62. The average molecular weight is 329 g/mol. The van der Waals surface area contributed by atoms with Gasteiger partial charge in [0.05, 0.1) is 7.11 Å². The second-order valence-corrected chi connectivity index (χ2v) is 5.94. The number of piperidine rings is 1. The number of ether oxygens (including phenoxy) is 1. The molecule has 0 amide bonds. The van der Waals surface area contributed by atoms with Crippen LogP contribution in [0.1, 0.15) is 12.8 Å². The maximum Gasteiger partial charge on any atom is 0.250 e. The van der Waals surface area contributed by atoms with Gasteiger partial charge in [0.2, 0.25) is 5.88 Å². The zero-order valence-corrected chi connectivity index (χ0v) is 13.9. The number of nitrogens with one attached hydrogen (secondary N) is 1. The van der Waals surface area contributed by atoms with Crippen molar-refractivity contribution >= 4 is 5.82 Å². The predicted octanol–water partition coefficient (Wildman–Crippen LogP) is 1.22. The molecule has 0 atom stereocenters. The topological polar surface area (TPSA) is 72.3 Å². The molecule has 24 heavy (non-hydrogen) atoms. The number of hydrogen-bond acceptors (Lipinski definition) is 6. The molecule has 0 bridgehead atoms. The second kappa shape index (κ2) is 7.92. The summed E-state index contributed by atoms with van der Waals surface area (Å²) in [5, 5.41) is 3.45. The van der Waals surface area contributed by atoms with Gasteiger partial charge in [0.1, 0.15) is 12.1 Å². The summed E-state index contributed by atoms with van der Waals surface area (Å²) in [7, 11) is 1.60. The van der Waals surface area contributed by atoms with E-state index in [0.29, 0.717) is 11.9 Å². The molecule has 7 nitrogen and oxygen atoms in total. The molecular formula is C17H23N5O2. The Labute approximate surface area is 141 Å². The first kappa shape index (κ1) is 16.4. The van der Waals surface area contributed by atoms with Gasteiger partial charge >= 0.3 is 0 Å². The van der Waals surface area contributed by atoms with Gasteiger partial charge in [-0.15, -0.1) is 0 Å². The maximum atomic E-state index is 11.7. The molecule has 0 saturated carbocycles. The number of methoxy groups -OCH3 is 1. The molecule has 0 unspecified atom stereocenters. The van der Waals surface area contributed by atoms with E-state index in [1.54, 1.807) is 23.8 Å². The van der Waals surface area contributed by atoms with Crippen LogP contribution in [0.5, 0.6) is 5.88 Å². The van der Waals surface area contributed by atoms with Gasteiger partial charge in [-0.05, 0) is 18.9 Å². The summed E-state index contributed by atoms with van der Waals surface area (Å²) in [6, 6.07) is 7.49. The van der Waals surface area contributed by atoms with E-state index in [1.165, 1.54) is 6.33 Å². The van der Waals surface area contributed by atoms with Crippen molar-refractivity contribution in [3.63, 3.8) is 0 Å². The van der Waals surface area contributed by atoms with Gasteiger partial charge in [0, 0.05) is 50.6 Å². The van der Waals surface area contributed by atoms with Crippen molar-refractivity contribution < 1.29 is 4.74 Å². The van der Waals surface area contributed by atoms with Crippen molar-refractivity contribution in [1.82, 2.24) is 19.4 Å². The highest BCUT2D eigenvalue weighted by atomic mass is 16.5. The number of hydrogen-bond donors (Lipinski definition) is 1. The molecule has 1 N–H and O–H groups in total. The minimum absolute atomic E-state index is 0.0618. The SMILES string of the molecule is COc1cc(NC2CCN(CCn3ccccc3=O)CC2)ncn1. The van der Waals surface area contributed by atoms with Gasteiger partial charge < -0.3 is 19.5 Å². The van der Waals surface area contributed by atoms with Crippen LogP contribution in [-0.4, -0.2) is 52.2 Å². The molecule has 0 radical (unpaired) electrons. The normalized spacial score (nSPS) is 16.0. The Morgan fingerprint density at radius 3 is 2.83 bits per heavy atom. The van der Waals surface area contributed by atoms with E-state index in [2.05, 4.69) is 20.2 Å². The Morgan fingerprint density at radius 1 is 1.25 bits per heavy atom. The molecule has 1 saturated heterocycles. The molecule has 0 spiro atoms. The van der Waals surface area contributed by atoms with Crippen LogP contribution >= 0.6 is 0 Å². The molecule has 2 aromatic rings. The minimum Gasteiger partial charge on any atom is -0.481 e. The Kier molecular flexibility index (Phi) is 5.43. The minimum atomic E-state index is 0.0618. The monoisotopic (exact) mass is 329 g/mol. The molecule has 1 aliphatic rings. The number of pyridine rings is 1. The van der Waals surface area contributed by atoms with Crippen LogP contribution < -0.4 is 15.6 Å². The third-order valence-corrected chi connectivity index (χ3v) is 4.35. The zero-order valence-electron chi connectivity index (χ0n) is 13.9. The lowest BCUT2D eigenvalue weighted by atomic mass is 10.1. The molecule has 7 heteroatoms. The first-order valence-corrected chi connectivity index (χ1v) is 8.25. The molecule has 2 aromatic heterocycles. The summed E-state index contributed by atoms with van der Waals surface area (Å²) in [4.78, 5) is 22.4. The second-order valence-electron chi connectivity index (χ2n) is 5.94. The van der Waals surface area contributed by atoms with Crippen LogP contribution in [0.4, 0.5) is 5.82 Å². The van der Waals surface area contributed by atoms with Gasteiger partial charge in [0.25, 0.3) is 5.56 Å². The summed E-state index contributed by atoms with van der Waals surface area (Å²) < 4.78 is 6.88. The standard InChI is InChI=1S/C17H23N5O2/c1-24-16-12-15(18-13-19-16)20-14-5-8-21(9-6-14)10-11-22-7-3-2-4-17(22)23/h2-4,7,12-14H,5-6,8-11H2,1H3,(H,18,19,20). The number of aromatic nitrogens is 3. The van der Waals surface area contributed by atoms with Crippen molar-refractivity contribution in [3.05, 3.63) is 47.1 Å². The highest BCUT2D eigenvalue weighted by Gasteiger charge is 2.19. The fraction of sp³-hybridized carbons (Fsp3) is 0.471. The molecular weight excluding hydrogens is 306 g/mol. The maximum absolute atomic E-state index is 11.7. The van der Waals surface area contributed by atoms with E-state index >= 15 is 0 Å². The van der Waals surface area contributed by atoms with Crippen molar-refractivity contribution in [2.45, 2.75) is 25.4 Å². The van der Waals surface area contributed by atoms with Crippen LogP contribution in [0.3, 0.4) is 0 Å². The first-order chi connectivity index (χ1) is 11.7. The Hall–Kier alpha value is -2.41. The predicted molar refractivity (Wildman–Crippen MR) is 92.4 cm³/mol. The molecule has 3 heterocycles. The van der Waals surface area contributed by atoms with Gasteiger partial charge in [-0.25, -0.2) is 9.97 Å². The van der Waals surface area contributed by atoms with Gasteiger partial charge in [-0.1, -0.05) is 6.07 Å². The van der Waals surface area contributed by atoms with E-state index < -0.39 is 0 Å². The highest BCUT2D eigenvalue weighted by Crippen LogP contribution is 2.17. The first-order valence-electron chi connectivity index (χ1n) is 8.25. The lowest BCUT2D eigenvalue weighted by molar-refractivity contribution is 0.211. The van der Waals surface area contributed by atoms with Crippen molar-refractivity contribution in [2.75, 3.05) is 32.1 Å². The quantitative estimate of drug-likeness (QED) is 0.859. The largest absolute Gasteiger partial charge is 0.481 e. The molecule has 128 valence electrons. The summed E-state index contributed by atoms with van der Waals surface area (Å²) in [6.07, 6.45) is 5.46. The summed E-state index contributed by atoms with van der Waals surface area (Å²) in [5.74, 6) is 1.37. The molecule has 0 aliphatic carbocycles. The fourth-order valence-electron chi connectivity index (χ4n) is 2.93. The van der Waals surface area contributed by atoms with Crippen LogP contribution in [-0.2, 0) is 6.54 Å². The Balaban J connectivity index is 1.45. The van der Waals surface area contributed by atoms with Crippen LogP contribution in [0.2, 0.25) is 0 Å². The zero-order chi connectivity index (χ0) is 16.8. The van der Waals surface area contributed by atoms with Crippen LogP contribution in [0.15, 0.2) is 41.6 Å². The van der Waals surface area contributed by atoms with Crippen molar-refractivity contribution in [2.24, 2.45) is 0 Å². The van der Waals surface area contributed by atoms with Gasteiger partial charge in [-0.3, -0.25) is 4.79 Å². The smallest absolute Gasteiger partial charge is 0.250 e. The fourth-order valence-corrected chi connectivity index (χ4v) is 2.93. The Morgan fingerprint density at radius 2 is 2.08 bits per heavy atom. The molecule has 1 fully saturated rings. The number of anilines is 1. The van der Waals surface area contributed by atoms with Crippen molar-refractivity contribution in [3.8, 4) is 5.88 Å². The third-order valence-electron chi connectivity index (χ3n) is 4.35. The number of nitrogens with zero attached hydrogens (tertiary/aromatic N) is 4. The molecule has 1 aliphatic heterocycles.